The second-order valence-electron chi connectivity index (χ2n) is 3.61. The molecule has 18 heavy (non-hydrogen) atoms. The minimum absolute atomic E-state index is 0.0648. The largest absolute Gasteiger partial charge is 0.481 e. The smallest absolute Gasteiger partial charge is 0.335 e. The van der Waals surface area contributed by atoms with E-state index in [0.29, 0.717) is 10.9 Å². The second-order valence-corrected chi connectivity index (χ2v) is 3.61. The average molecular weight is 246 g/mol. The zero-order valence-electron chi connectivity index (χ0n) is 9.29. The summed E-state index contributed by atoms with van der Waals surface area (Å²) < 4.78 is 5.17. The SMILES string of the molecule is NC(=O)COc1cc(C(=O)O)cc2cccnc12. The summed E-state index contributed by atoms with van der Waals surface area (Å²) in [7, 11) is 0. The van der Waals surface area contributed by atoms with Crippen LogP contribution in [0.15, 0.2) is 30.5 Å². The topological polar surface area (TPSA) is 103 Å². The molecule has 0 aliphatic heterocycles. The number of hydrogen-bond donors (Lipinski definition) is 2. The molecule has 0 fully saturated rings. The summed E-state index contributed by atoms with van der Waals surface area (Å²) in [4.78, 5) is 25.7. The number of carboxylic acid groups (broad SMARTS) is 1. The van der Waals surface area contributed by atoms with Crippen molar-refractivity contribution in [3.05, 3.63) is 36.0 Å². The van der Waals surface area contributed by atoms with Crippen molar-refractivity contribution in [1.29, 1.82) is 0 Å². The standard InChI is InChI=1S/C12H10N2O4/c13-10(15)6-18-9-5-8(12(16)17)4-7-2-1-3-14-11(7)9/h1-5H,6H2,(H2,13,15)(H,16,17). The molecule has 6 nitrogen and oxygen atoms in total. The number of carbonyl (C=O) groups is 2. The van der Waals surface area contributed by atoms with Crippen molar-refractivity contribution in [3.8, 4) is 5.75 Å². The Bertz CT molecular complexity index is 625. The van der Waals surface area contributed by atoms with Gasteiger partial charge in [0, 0.05) is 11.6 Å². The highest BCUT2D eigenvalue weighted by Crippen LogP contribution is 2.25. The van der Waals surface area contributed by atoms with E-state index < -0.39 is 11.9 Å². The molecule has 1 heterocycles. The van der Waals surface area contributed by atoms with Crippen LogP contribution in [0.3, 0.4) is 0 Å². The predicted octanol–water partition coefficient (Wildman–Crippen LogP) is 0.797. The van der Waals surface area contributed by atoms with Crippen molar-refractivity contribution in [2.24, 2.45) is 5.73 Å². The van der Waals surface area contributed by atoms with Gasteiger partial charge in [-0.1, -0.05) is 6.07 Å². The number of pyridine rings is 1. The number of fused-ring (bicyclic) bond motifs is 1. The molecule has 1 aromatic heterocycles. The van der Waals surface area contributed by atoms with Crippen LogP contribution in [0.25, 0.3) is 10.9 Å². The summed E-state index contributed by atoms with van der Waals surface area (Å²) in [6.07, 6.45) is 1.56. The minimum atomic E-state index is -1.08. The zero-order valence-corrected chi connectivity index (χ0v) is 9.29. The number of carbonyl (C=O) groups excluding carboxylic acids is 1. The summed E-state index contributed by atoms with van der Waals surface area (Å²) >= 11 is 0. The zero-order chi connectivity index (χ0) is 13.1. The van der Waals surface area contributed by atoms with Gasteiger partial charge in [-0.05, 0) is 18.2 Å². The van der Waals surface area contributed by atoms with Gasteiger partial charge in [-0.15, -0.1) is 0 Å². The molecule has 0 saturated heterocycles. The Labute approximate surface area is 102 Å². The van der Waals surface area contributed by atoms with Gasteiger partial charge in [0.1, 0.15) is 11.3 Å². The van der Waals surface area contributed by atoms with Gasteiger partial charge in [0.15, 0.2) is 6.61 Å². The number of nitrogens with zero attached hydrogens (tertiary/aromatic N) is 1. The number of aromatic carboxylic acids is 1. The first kappa shape index (κ1) is 11.8. The maximum Gasteiger partial charge on any atom is 0.335 e. The monoisotopic (exact) mass is 246 g/mol. The quantitative estimate of drug-likeness (QED) is 0.830. The predicted molar refractivity (Wildman–Crippen MR) is 63.4 cm³/mol. The minimum Gasteiger partial charge on any atom is -0.481 e. The van der Waals surface area contributed by atoms with E-state index in [9.17, 15) is 9.59 Å². The maximum absolute atomic E-state index is 11.0. The Morgan fingerprint density at radius 2 is 2.17 bits per heavy atom. The molecule has 0 bridgehead atoms. The normalized spacial score (nSPS) is 10.2. The Hall–Kier alpha value is -2.63. The molecular formula is C12H10N2O4. The van der Waals surface area contributed by atoms with E-state index in [1.54, 1.807) is 18.3 Å². The molecule has 2 aromatic rings. The lowest BCUT2D eigenvalue weighted by Gasteiger charge is -2.08. The van der Waals surface area contributed by atoms with Gasteiger partial charge in [0.2, 0.25) is 0 Å². The van der Waals surface area contributed by atoms with Gasteiger partial charge in [-0.2, -0.15) is 0 Å². The lowest BCUT2D eigenvalue weighted by Crippen LogP contribution is -2.20. The van der Waals surface area contributed by atoms with Crippen LogP contribution in [0.1, 0.15) is 10.4 Å². The first-order valence-corrected chi connectivity index (χ1v) is 5.11. The highest BCUT2D eigenvalue weighted by atomic mass is 16.5. The number of carboxylic acids is 1. The van der Waals surface area contributed by atoms with Gasteiger partial charge in [0.05, 0.1) is 5.56 Å². The van der Waals surface area contributed by atoms with E-state index in [1.807, 2.05) is 0 Å². The summed E-state index contributed by atoms with van der Waals surface area (Å²) in [5, 5.41) is 9.60. The van der Waals surface area contributed by atoms with Crippen LogP contribution < -0.4 is 10.5 Å². The molecule has 0 unspecified atom stereocenters. The third-order valence-electron chi connectivity index (χ3n) is 2.29. The molecule has 0 atom stereocenters. The Morgan fingerprint density at radius 3 is 2.83 bits per heavy atom. The van der Waals surface area contributed by atoms with Crippen molar-refractivity contribution in [1.82, 2.24) is 4.98 Å². The van der Waals surface area contributed by atoms with Crippen LogP contribution in [-0.4, -0.2) is 28.6 Å². The molecule has 0 radical (unpaired) electrons. The van der Waals surface area contributed by atoms with Crippen LogP contribution in [0.4, 0.5) is 0 Å². The average Bonchev–Trinajstić information content (AvgIpc) is 2.35. The fourth-order valence-electron chi connectivity index (χ4n) is 1.54. The van der Waals surface area contributed by atoms with Crippen molar-refractivity contribution in [2.75, 3.05) is 6.61 Å². The molecule has 92 valence electrons. The van der Waals surface area contributed by atoms with Gasteiger partial charge in [-0.25, -0.2) is 4.79 Å². The highest BCUT2D eigenvalue weighted by molar-refractivity contribution is 5.96. The first-order chi connectivity index (χ1) is 8.58. The Balaban J connectivity index is 2.53. The van der Waals surface area contributed by atoms with Crippen molar-refractivity contribution in [2.45, 2.75) is 0 Å². The van der Waals surface area contributed by atoms with Crippen LogP contribution in [-0.2, 0) is 4.79 Å². The lowest BCUT2D eigenvalue weighted by molar-refractivity contribution is -0.119. The molecule has 3 N–H and O–H groups in total. The highest BCUT2D eigenvalue weighted by Gasteiger charge is 2.11. The van der Waals surface area contributed by atoms with E-state index in [1.165, 1.54) is 12.1 Å². The van der Waals surface area contributed by atoms with E-state index in [0.717, 1.165) is 0 Å². The number of rotatable bonds is 4. The van der Waals surface area contributed by atoms with Crippen molar-refractivity contribution in [3.63, 3.8) is 0 Å². The third kappa shape index (κ3) is 2.37. The second kappa shape index (κ2) is 4.70. The van der Waals surface area contributed by atoms with E-state index in [4.69, 9.17) is 15.6 Å². The molecule has 0 spiro atoms. The molecule has 2 rings (SSSR count). The summed E-state index contributed by atoms with van der Waals surface area (Å²) in [5.74, 6) is -1.49. The van der Waals surface area contributed by atoms with E-state index in [-0.39, 0.29) is 17.9 Å². The molecule has 0 aliphatic rings. The number of ether oxygens (including phenoxy) is 1. The van der Waals surface area contributed by atoms with Gasteiger partial charge < -0.3 is 15.6 Å². The number of hydrogen-bond acceptors (Lipinski definition) is 4. The fraction of sp³-hybridized carbons (Fsp3) is 0.0833. The molecule has 1 amide bonds. The molecule has 1 aromatic carbocycles. The molecule has 0 aliphatic carbocycles. The van der Waals surface area contributed by atoms with E-state index in [2.05, 4.69) is 4.98 Å². The number of benzene rings is 1. The van der Waals surface area contributed by atoms with Crippen molar-refractivity contribution < 1.29 is 19.4 Å². The van der Waals surface area contributed by atoms with Crippen LogP contribution in [0.2, 0.25) is 0 Å². The first-order valence-electron chi connectivity index (χ1n) is 5.11. The number of nitrogens with two attached hydrogens (primary N) is 1. The fourth-order valence-corrected chi connectivity index (χ4v) is 1.54. The molecule has 0 saturated carbocycles. The van der Waals surface area contributed by atoms with Crippen LogP contribution >= 0.6 is 0 Å². The summed E-state index contributed by atoms with van der Waals surface area (Å²) in [6.45, 7) is -0.325. The number of aromatic nitrogens is 1. The Morgan fingerprint density at radius 1 is 1.39 bits per heavy atom. The van der Waals surface area contributed by atoms with Crippen molar-refractivity contribution >= 4 is 22.8 Å². The third-order valence-corrected chi connectivity index (χ3v) is 2.29. The lowest BCUT2D eigenvalue weighted by atomic mass is 10.1. The Kier molecular flexibility index (Phi) is 3.09. The maximum atomic E-state index is 11.0. The number of amides is 1. The molecular weight excluding hydrogens is 236 g/mol. The van der Waals surface area contributed by atoms with Gasteiger partial charge >= 0.3 is 5.97 Å². The summed E-state index contributed by atoms with van der Waals surface area (Å²) in [5.41, 5.74) is 5.54. The van der Waals surface area contributed by atoms with Gasteiger partial charge in [0.25, 0.3) is 5.91 Å². The molecule has 6 heteroatoms. The van der Waals surface area contributed by atoms with Crippen LogP contribution in [0.5, 0.6) is 5.75 Å². The van der Waals surface area contributed by atoms with Crippen LogP contribution in [0, 0.1) is 0 Å². The number of primary amides is 1. The van der Waals surface area contributed by atoms with E-state index >= 15 is 0 Å². The summed E-state index contributed by atoms with van der Waals surface area (Å²) in [6, 6.07) is 6.21. The van der Waals surface area contributed by atoms with Gasteiger partial charge in [-0.3, -0.25) is 9.78 Å².